The van der Waals surface area contributed by atoms with E-state index in [-0.39, 0.29) is 17.8 Å². The summed E-state index contributed by atoms with van der Waals surface area (Å²) in [6.07, 6.45) is -0.988. The first-order valence-electron chi connectivity index (χ1n) is 13.2. The van der Waals surface area contributed by atoms with Crippen LogP contribution in [-0.4, -0.2) is 67.5 Å². The van der Waals surface area contributed by atoms with Gasteiger partial charge in [0.2, 0.25) is 0 Å². The van der Waals surface area contributed by atoms with Crippen LogP contribution in [0.5, 0.6) is 0 Å². The average Bonchev–Trinajstić information content (AvgIpc) is 2.93. The Kier molecular flexibility index (Phi) is 9.13. The van der Waals surface area contributed by atoms with Crippen LogP contribution in [0.2, 0.25) is 0 Å². The second-order valence-corrected chi connectivity index (χ2v) is 10.2. The Labute approximate surface area is 233 Å². The summed E-state index contributed by atoms with van der Waals surface area (Å²) in [6.45, 7) is 8.38. The van der Waals surface area contributed by atoms with Crippen LogP contribution in [0, 0.1) is 18.8 Å². The van der Waals surface area contributed by atoms with Crippen LogP contribution in [0.1, 0.15) is 45.1 Å². The number of rotatable bonds is 6. The standard InChI is InChI=1S/C31H34F3N5O/c1-5-37(3)21-26-10-11-27(18-29(26)31(32,33)34)36-30(40)25-8-6-22(2)24(17-25)9-7-23-16-28(20-35-19-23)39-14-12-38(4)13-15-39/h6,8,10-11,16-20H,5,12-15,21H2,1-4H3,(H,36,40). The summed E-state index contributed by atoms with van der Waals surface area (Å²) in [6, 6.07) is 11.0. The van der Waals surface area contributed by atoms with E-state index in [0.717, 1.165) is 49.1 Å². The predicted octanol–water partition coefficient (Wildman–Crippen LogP) is 5.26. The van der Waals surface area contributed by atoms with E-state index >= 15 is 0 Å². The molecule has 0 spiro atoms. The van der Waals surface area contributed by atoms with Crippen molar-refractivity contribution in [1.82, 2.24) is 14.8 Å². The maximum absolute atomic E-state index is 13.8. The molecular weight excluding hydrogens is 515 g/mol. The van der Waals surface area contributed by atoms with Gasteiger partial charge in [0, 0.05) is 61.3 Å². The Morgan fingerprint density at radius 1 is 1.05 bits per heavy atom. The van der Waals surface area contributed by atoms with Crippen molar-refractivity contribution in [3.05, 3.63) is 88.2 Å². The number of pyridine rings is 1. The lowest BCUT2D eigenvalue weighted by Gasteiger charge is -2.33. The third-order valence-corrected chi connectivity index (χ3v) is 7.09. The number of alkyl halides is 3. The van der Waals surface area contributed by atoms with Crippen molar-refractivity contribution < 1.29 is 18.0 Å². The number of carbonyl (C=O) groups is 1. The van der Waals surface area contributed by atoms with Crippen molar-refractivity contribution in [3.63, 3.8) is 0 Å². The molecule has 0 unspecified atom stereocenters. The minimum absolute atomic E-state index is 0.0835. The number of likely N-dealkylation sites (N-methyl/N-ethyl adjacent to an activating group) is 1. The van der Waals surface area contributed by atoms with Crippen molar-refractivity contribution in [2.75, 3.05) is 57.0 Å². The Hall–Kier alpha value is -3.87. The number of nitrogens with zero attached hydrogens (tertiary/aromatic N) is 4. The summed E-state index contributed by atoms with van der Waals surface area (Å²) in [5.41, 5.74) is 3.13. The zero-order chi connectivity index (χ0) is 28.9. The molecule has 0 bridgehead atoms. The maximum atomic E-state index is 13.8. The lowest BCUT2D eigenvalue weighted by Crippen LogP contribution is -2.44. The first-order valence-corrected chi connectivity index (χ1v) is 13.2. The first-order chi connectivity index (χ1) is 19.0. The van der Waals surface area contributed by atoms with E-state index in [1.807, 2.05) is 26.1 Å². The van der Waals surface area contributed by atoms with Gasteiger partial charge in [0.25, 0.3) is 5.91 Å². The van der Waals surface area contributed by atoms with Gasteiger partial charge in [0.05, 0.1) is 17.4 Å². The number of carbonyl (C=O) groups excluding carboxylic acids is 1. The van der Waals surface area contributed by atoms with Crippen LogP contribution < -0.4 is 10.2 Å². The molecular formula is C31H34F3N5O. The van der Waals surface area contributed by atoms with E-state index in [2.05, 4.69) is 39.0 Å². The van der Waals surface area contributed by atoms with Gasteiger partial charge in [0.15, 0.2) is 0 Å². The second-order valence-electron chi connectivity index (χ2n) is 10.2. The third-order valence-electron chi connectivity index (χ3n) is 7.09. The molecule has 2 aromatic carbocycles. The topological polar surface area (TPSA) is 51.7 Å². The van der Waals surface area contributed by atoms with E-state index in [9.17, 15) is 18.0 Å². The van der Waals surface area contributed by atoms with Gasteiger partial charge >= 0.3 is 6.18 Å². The molecule has 1 fully saturated rings. The van der Waals surface area contributed by atoms with E-state index < -0.39 is 17.6 Å². The highest BCUT2D eigenvalue weighted by molar-refractivity contribution is 6.04. The highest BCUT2D eigenvalue weighted by Crippen LogP contribution is 2.34. The Morgan fingerprint density at radius 2 is 1.80 bits per heavy atom. The van der Waals surface area contributed by atoms with Gasteiger partial charge in [-0.1, -0.05) is 30.9 Å². The number of aromatic nitrogens is 1. The van der Waals surface area contributed by atoms with Gasteiger partial charge in [0.1, 0.15) is 0 Å². The number of hydrogen-bond donors (Lipinski definition) is 1. The summed E-state index contributed by atoms with van der Waals surface area (Å²) in [5, 5.41) is 2.61. The SMILES string of the molecule is CCN(C)Cc1ccc(NC(=O)c2ccc(C)c(C#Cc3cncc(N4CCN(C)CC4)c3)c2)cc1C(F)(F)F. The van der Waals surface area contributed by atoms with Gasteiger partial charge in [-0.05, 0) is 69.0 Å². The van der Waals surface area contributed by atoms with Crippen LogP contribution in [0.15, 0.2) is 54.9 Å². The zero-order valence-electron chi connectivity index (χ0n) is 23.3. The predicted molar refractivity (Wildman–Crippen MR) is 153 cm³/mol. The Morgan fingerprint density at radius 3 is 2.50 bits per heavy atom. The number of benzene rings is 2. The number of piperazine rings is 1. The maximum Gasteiger partial charge on any atom is 0.416 e. The van der Waals surface area contributed by atoms with Crippen molar-refractivity contribution in [3.8, 4) is 11.8 Å². The fraction of sp³-hybridized carbons (Fsp3) is 0.355. The quantitative estimate of drug-likeness (QED) is 0.425. The van der Waals surface area contributed by atoms with Crippen LogP contribution in [0.25, 0.3) is 0 Å². The molecule has 2 heterocycles. The van der Waals surface area contributed by atoms with Gasteiger partial charge in [-0.25, -0.2) is 0 Å². The van der Waals surface area contributed by atoms with Crippen LogP contribution in [0.4, 0.5) is 24.5 Å². The van der Waals surface area contributed by atoms with Crippen molar-refractivity contribution in [1.29, 1.82) is 0 Å². The lowest BCUT2D eigenvalue weighted by molar-refractivity contribution is -0.138. The molecule has 210 valence electrons. The smallest absolute Gasteiger partial charge is 0.368 e. The number of aryl methyl sites for hydroxylation is 1. The van der Waals surface area contributed by atoms with Crippen LogP contribution in [0.3, 0.4) is 0 Å². The van der Waals surface area contributed by atoms with Gasteiger partial charge < -0.3 is 20.0 Å². The number of nitrogens with one attached hydrogen (secondary N) is 1. The second kappa shape index (κ2) is 12.5. The van der Waals surface area contributed by atoms with Gasteiger partial charge in [-0.2, -0.15) is 13.2 Å². The molecule has 1 aliphatic heterocycles. The summed E-state index contributed by atoms with van der Waals surface area (Å²) < 4.78 is 41.3. The molecule has 0 aliphatic carbocycles. The Bertz CT molecular complexity index is 1420. The molecule has 0 saturated carbocycles. The number of anilines is 2. The first kappa shape index (κ1) is 29.1. The number of amides is 1. The fourth-order valence-corrected chi connectivity index (χ4v) is 4.43. The van der Waals surface area contributed by atoms with E-state index in [0.29, 0.717) is 17.7 Å². The van der Waals surface area contributed by atoms with Crippen LogP contribution >= 0.6 is 0 Å². The molecule has 0 radical (unpaired) electrons. The molecule has 3 aromatic rings. The van der Waals surface area contributed by atoms with Gasteiger partial charge in [-0.3, -0.25) is 9.78 Å². The normalized spacial score (nSPS) is 14.2. The molecule has 6 nitrogen and oxygen atoms in total. The minimum atomic E-state index is -4.53. The zero-order valence-corrected chi connectivity index (χ0v) is 23.3. The highest BCUT2D eigenvalue weighted by atomic mass is 19.4. The van der Waals surface area contributed by atoms with E-state index in [1.165, 1.54) is 12.1 Å². The van der Waals surface area contributed by atoms with Crippen molar-refractivity contribution in [2.45, 2.75) is 26.6 Å². The van der Waals surface area contributed by atoms with E-state index in [4.69, 9.17) is 0 Å². The third kappa shape index (κ3) is 7.40. The minimum Gasteiger partial charge on any atom is -0.368 e. The van der Waals surface area contributed by atoms with Gasteiger partial charge in [-0.15, -0.1) is 0 Å². The van der Waals surface area contributed by atoms with Crippen molar-refractivity contribution >= 4 is 17.3 Å². The molecule has 0 atom stereocenters. The monoisotopic (exact) mass is 549 g/mol. The molecule has 1 saturated heterocycles. The molecule has 4 rings (SSSR count). The van der Waals surface area contributed by atoms with Crippen molar-refractivity contribution in [2.24, 2.45) is 0 Å². The molecule has 1 aromatic heterocycles. The summed E-state index contributed by atoms with van der Waals surface area (Å²) >= 11 is 0. The molecule has 9 heteroatoms. The summed E-state index contributed by atoms with van der Waals surface area (Å²) in [4.78, 5) is 23.7. The fourth-order valence-electron chi connectivity index (χ4n) is 4.43. The molecule has 1 amide bonds. The molecule has 40 heavy (non-hydrogen) atoms. The molecule has 1 N–H and O–H groups in total. The van der Waals surface area contributed by atoms with Crippen LogP contribution in [-0.2, 0) is 12.7 Å². The highest BCUT2D eigenvalue weighted by Gasteiger charge is 2.34. The van der Waals surface area contributed by atoms with E-state index in [1.54, 1.807) is 36.3 Å². The number of hydrogen-bond acceptors (Lipinski definition) is 5. The summed E-state index contributed by atoms with van der Waals surface area (Å²) in [5.74, 6) is 5.78. The molecule has 1 aliphatic rings. The Balaban J connectivity index is 1.52. The lowest BCUT2D eigenvalue weighted by atomic mass is 10.0. The average molecular weight is 550 g/mol. The largest absolute Gasteiger partial charge is 0.416 e. The number of halogens is 3. The summed E-state index contributed by atoms with van der Waals surface area (Å²) in [7, 11) is 3.87.